The highest BCUT2D eigenvalue weighted by Gasteiger charge is 2.42. The fourth-order valence-electron chi connectivity index (χ4n) is 4.11. The van der Waals surface area contributed by atoms with Crippen molar-refractivity contribution >= 4 is 29.0 Å². The molecule has 1 unspecified atom stereocenters. The lowest BCUT2D eigenvalue weighted by Crippen LogP contribution is -2.57. The Morgan fingerprint density at radius 1 is 1.18 bits per heavy atom. The van der Waals surface area contributed by atoms with Crippen LogP contribution in [0.25, 0.3) is 0 Å². The van der Waals surface area contributed by atoms with Crippen LogP contribution in [0.4, 0.5) is 11.5 Å². The SMILES string of the molecule is CN1C(=O)C(C#N)N(C2CCN(Cc3ccccc3)CC2)c2nc(Cl)ccc21. The van der Waals surface area contributed by atoms with Crippen molar-refractivity contribution in [1.29, 1.82) is 5.26 Å². The van der Waals surface area contributed by atoms with Crippen LogP contribution in [0.1, 0.15) is 18.4 Å². The van der Waals surface area contributed by atoms with Crippen molar-refractivity contribution < 1.29 is 4.79 Å². The van der Waals surface area contributed by atoms with Crippen LogP contribution in [0.5, 0.6) is 0 Å². The molecule has 0 saturated carbocycles. The molecule has 0 spiro atoms. The number of rotatable bonds is 3. The molecule has 0 radical (unpaired) electrons. The van der Waals surface area contributed by atoms with Gasteiger partial charge in [0.05, 0.1) is 11.8 Å². The molecule has 1 aromatic carbocycles. The summed E-state index contributed by atoms with van der Waals surface area (Å²) in [6, 6.07) is 15.3. The number of hydrogen-bond donors (Lipinski definition) is 0. The number of aromatic nitrogens is 1. The average molecular weight is 396 g/mol. The molecule has 6 nitrogen and oxygen atoms in total. The molecule has 2 aliphatic rings. The number of hydrogen-bond acceptors (Lipinski definition) is 5. The van der Waals surface area contributed by atoms with Crippen LogP contribution in [-0.4, -0.2) is 48.0 Å². The lowest BCUT2D eigenvalue weighted by molar-refractivity contribution is -0.119. The van der Waals surface area contributed by atoms with Crippen molar-refractivity contribution in [3.63, 3.8) is 0 Å². The zero-order valence-corrected chi connectivity index (χ0v) is 16.5. The van der Waals surface area contributed by atoms with Crippen LogP contribution in [-0.2, 0) is 11.3 Å². The third-order valence-electron chi connectivity index (χ3n) is 5.59. The van der Waals surface area contributed by atoms with Crippen molar-refractivity contribution in [2.45, 2.75) is 31.5 Å². The number of piperidine rings is 1. The van der Waals surface area contributed by atoms with E-state index in [1.165, 1.54) is 10.5 Å². The Hall–Kier alpha value is -2.62. The van der Waals surface area contributed by atoms with Crippen molar-refractivity contribution in [2.75, 3.05) is 29.9 Å². The van der Waals surface area contributed by atoms with Crippen LogP contribution >= 0.6 is 11.6 Å². The van der Waals surface area contributed by atoms with Gasteiger partial charge in [0.25, 0.3) is 5.91 Å². The summed E-state index contributed by atoms with van der Waals surface area (Å²) in [6.45, 7) is 2.74. The van der Waals surface area contributed by atoms with Gasteiger partial charge in [0.1, 0.15) is 5.15 Å². The number of nitrogens with zero attached hydrogens (tertiary/aromatic N) is 5. The van der Waals surface area contributed by atoms with Gasteiger partial charge >= 0.3 is 0 Å². The number of anilines is 2. The average Bonchev–Trinajstić information content (AvgIpc) is 2.72. The predicted octanol–water partition coefficient (Wildman–Crippen LogP) is 3.07. The molecular formula is C21H22ClN5O. The van der Waals surface area contributed by atoms with Crippen molar-refractivity contribution in [3.8, 4) is 6.07 Å². The van der Waals surface area contributed by atoms with E-state index >= 15 is 0 Å². The Balaban J connectivity index is 1.55. The summed E-state index contributed by atoms with van der Waals surface area (Å²) in [5.74, 6) is 0.411. The molecule has 2 aromatic rings. The summed E-state index contributed by atoms with van der Waals surface area (Å²) >= 11 is 6.14. The van der Waals surface area contributed by atoms with E-state index in [1.54, 1.807) is 19.2 Å². The molecule has 0 N–H and O–H groups in total. The molecule has 0 aliphatic carbocycles. The summed E-state index contributed by atoms with van der Waals surface area (Å²) in [6.07, 6.45) is 1.74. The van der Waals surface area contributed by atoms with E-state index in [2.05, 4.69) is 40.2 Å². The van der Waals surface area contributed by atoms with E-state index in [0.29, 0.717) is 16.7 Å². The predicted molar refractivity (Wildman–Crippen MR) is 109 cm³/mol. The molecule has 144 valence electrons. The molecule has 1 saturated heterocycles. The minimum atomic E-state index is -0.867. The Labute approximate surface area is 169 Å². The molecule has 1 aromatic heterocycles. The number of amides is 1. The Kier molecular flexibility index (Phi) is 5.21. The van der Waals surface area contributed by atoms with Gasteiger partial charge in [-0.3, -0.25) is 9.69 Å². The molecule has 1 fully saturated rings. The quantitative estimate of drug-likeness (QED) is 0.747. The Morgan fingerprint density at radius 3 is 2.57 bits per heavy atom. The minimum Gasteiger partial charge on any atom is -0.328 e. The van der Waals surface area contributed by atoms with Crippen molar-refractivity contribution in [2.24, 2.45) is 0 Å². The number of pyridine rings is 1. The highest BCUT2D eigenvalue weighted by molar-refractivity contribution is 6.29. The van der Waals surface area contributed by atoms with Gasteiger partial charge in [0.2, 0.25) is 0 Å². The second kappa shape index (κ2) is 7.78. The maximum atomic E-state index is 12.8. The van der Waals surface area contributed by atoms with Crippen LogP contribution < -0.4 is 9.80 Å². The smallest absolute Gasteiger partial charge is 0.264 e. The van der Waals surface area contributed by atoms with E-state index in [1.807, 2.05) is 11.0 Å². The largest absolute Gasteiger partial charge is 0.328 e. The molecule has 7 heteroatoms. The summed E-state index contributed by atoms with van der Waals surface area (Å²) in [4.78, 5) is 23.0. The first-order chi connectivity index (χ1) is 13.6. The van der Waals surface area contributed by atoms with Crippen LogP contribution in [0.3, 0.4) is 0 Å². The number of benzene rings is 1. The van der Waals surface area contributed by atoms with Gasteiger partial charge in [-0.1, -0.05) is 41.9 Å². The van der Waals surface area contributed by atoms with Gasteiger partial charge in [-0.05, 0) is 30.5 Å². The molecular weight excluding hydrogens is 374 g/mol. The molecule has 1 atom stereocenters. The fraction of sp³-hybridized carbons (Fsp3) is 0.381. The van der Waals surface area contributed by atoms with Crippen LogP contribution in [0.15, 0.2) is 42.5 Å². The molecule has 28 heavy (non-hydrogen) atoms. The van der Waals surface area contributed by atoms with Gasteiger partial charge in [-0.25, -0.2) is 4.98 Å². The van der Waals surface area contributed by atoms with E-state index in [4.69, 9.17) is 11.6 Å². The highest BCUT2D eigenvalue weighted by Crippen LogP contribution is 2.38. The number of halogens is 1. The number of likely N-dealkylation sites (tertiary alicyclic amines) is 1. The number of carbonyl (C=O) groups excluding carboxylic acids is 1. The van der Waals surface area contributed by atoms with Gasteiger partial charge in [-0.2, -0.15) is 5.26 Å². The van der Waals surface area contributed by atoms with Gasteiger partial charge < -0.3 is 9.80 Å². The molecule has 3 heterocycles. The standard InChI is InChI=1S/C21H22ClN5O/c1-25-17-7-8-19(22)24-20(17)27(18(13-23)21(25)28)16-9-11-26(12-10-16)14-15-5-3-2-4-6-15/h2-8,16,18H,9-12,14H2,1H3. The third-order valence-corrected chi connectivity index (χ3v) is 5.80. The van der Waals surface area contributed by atoms with E-state index in [0.717, 1.165) is 32.5 Å². The maximum Gasteiger partial charge on any atom is 0.264 e. The second-order valence-electron chi connectivity index (χ2n) is 7.31. The van der Waals surface area contributed by atoms with E-state index in [-0.39, 0.29) is 11.9 Å². The summed E-state index contributed by atoms with van der Waals surface area (Å²) in [5, 5.41) is 10.1. The Bertz CT molecular complexity index is 905. The summed E-state index contributed by atoms with van der Waals surface area (Å²) < 4.78 is 0. The molecule has 1 amide bonds. The normalized spacial score (nSPS) is 20.8. The summed E-state index contributed by atoms with van der Waals surface area (Å²) in [5.41, 5.74) is 2.00. The number of likely N-dealkylation sites (N-methyl/N-ethyl adjacent to an activating group) is 1. The zero-order chi connectivity index (χ0) is 19.7. The molecule has 0 bridgehead atoms. The first kappa shape index (κ1) is 18.7. The van der Waals surface area contributed by atoms with Crippen LogP contribution in [0.2, 0.25) is 5.15 Å². The lowest BCUT2D eigenvalue weighted by atomic mass is 9.98. The van der Waals surface area contributed by atoms with Gasteiger partial charge in [-0.15, -0.1) is 0 Å². The topological polar surface area (TPSA) is 63.5 Å². The number of carbonyl (C=O) groups is 1. The third kappa shape index (κ3) is 3.44. The maximum absolute atomic E-state index is 12.8. The van der Waals surface area contributed by atoms with Gasteiger partial charge in [0.15, 0.2) is 11.9 Å². The minimum absolute atomic E-state index is 0.0824. The van der Waals surface area contributed by atoms with E-state index in [9.17, 15) is 10.1 Å². The van der Waals surface area contributed by atoms with Crippen molar-refractivity contribution in [3.05, 3.63) is 53.2 Å². The van der Waals surface area contributed by atoms with Crippen LogP contribution in [0, 0.1) is 11.3 Å². The van der Waals surface area contributed by atoms with E-state index < -0.39 is 6.04 Å². The van der Waals surface area contributed by atoms with Crippen molar-refractivity contribution in [1.82, 2.24) is 9.88 Å². The van der Waals surface area contributed by atoms with Gasteiger partial charge in [0, 0.05) is 32.7 Å². The number of nitriles is 1. The molecule has 4 rings (SSSR count). The molecule has 2 aliphatic heterocycles. The number of fused-ring (bicyclic) bond motifs is 1. The first-order valence-corrected chi connectivity index (χ1v) is 9.84. The fourth-order valence-corrected chi connectivity index (χ4v) is 4.25. The highest BCUT2D eigenvalue weighted by atomic mass is 35.5. The lowest BCUT2D eigenvalue weighted by Gasteiger charge is -2.45. The summed E-state index contributed by atoms with van der Waals surface area (Å²) in [7, 11) is 1.68. The Morgan fingerprint density at radius 2 is 1.89 bits per heavy atom. The second-order valence-corrected chi connectivity index (χ2v) is 7.69. The zero-order valence-electron chi connectivity index (χ0n) is 15.8. The first-order valence-electron chi connectivity index (χ1n) is 9.47. The monoisotopic (exact) mass is 395 g/mol.